The molecule has 0 unspecified atom stereocenters. The van der Waals surface area contributed by atoms with E-state index in [-0.39, 0.29) is 0 Å². The second kappa shape index (κ2) is 3.99. The monoisotopic (exact) mass is 181 g/mol. The van der Waals surface area contributed by atoms with Crippen molar-refractivity contribution in [2.75, 3.05) is 6.26 Å². The molecule has 0 fully saturated rings. The predicted molar refractivity (Wildman–Crippen MR) is 46.3 cm³/mol. The Kier molecular flexibility index (Phi) is 2.96. The lowest BCUT2D eigenvalue weighted by Crippen LogP contribution is -1.88. The Balaban J connectivity index is 3.14. The number of nitrogens with zero attached hydrogens (tertiary/aromatic N) is 3. The van der Waals surface area contributed by atoms with Crippen molar-refractivity contribution in [3.8, 4) is 0 Å². The third-order valence-corrected chi connectivity index (χ3v) is 1.71. The molecule has 5 heteroatoms. The van der Waals surface area contributed by atoms with Crippen LogP contribution in [0.1, 0.15) is 5.69 Å². The van der Waals surface area contributed by atoms with Crippen LogP contribution in [-0.4, -0.2) is 22.3 Å². The van der Waals surface area contributed by atoms with Crippen LogP contribution in [0.5, 0.6) is 0 Å². The lowest BCUT2D eigenvalue weighted by atomic mass is 10.4. The number of thioether (sulfide) groups is 1. The summed E-state index contributed by atoms with van der Waals surface area (Å²) >= 11 is 1.41. The molecule has 0 spiro atoms. The molecule has 0 saturated heterocycles. The average molecular weight is 181 g/mol. The highest BCUT2D eigenvalue weighted by Crippen LogP contribution is 2.14. The Labute approximate surface area is 74.1 Å². The molecule has 0 radical (unpaired) electrons. The zero-order valence-electron chi connectivity index (χ0n) is 6.74. The number of hydrogen-bond donors (Lipinski definition) is 0. The van der Waals surface area contributed by atoms with E-state index in [9.17, 15) is 4.79 Å². The minimum atomic E-state index is 0.363. The SMILES string of the molecule is CSc1nc(C)cc(N=C=O)n1. The van der Waals surface area contributed by atoms with Crippen molar-refractivity contribution in [2.24, 2.45) is 4.99 Å². The van der Waals surface area contributed by atoms with Crippen LogP contribution in [0.3, 0.4) is 0 Å². The first-order valence-corrected chi connectivity index (χ1v) is 4.46. The highest BCUT2D eigenvalue weighted by atomic mass is 32.2. The number of aliphatic imine (C=N–C) groups is 1. The molecule has 12 heavy (non-hydrogen) atoms. The van der Waals surface area contributed by atoms with Crippen molar-refractivity contribution in [2.45, 2.75) is 12.1 Å². The molecule has 0 aliphatic carbocycles. The van der Waals surface area contributed by atoms with E-state index in [1.54, 1.807) is 6.07 Å². The predicted octanol–water partition coefficient (Wildman–Crippen LogP) is 1.47. The van der Waals surface area contributed by atoms with E-state index in [0.29, 0.717) is 11.0 Å². The van der Waals surface area contributed by atoms with Crippen LogP contribution >= 0.6 is 11.8 Å². The van der Waals surface area contributed by atoms with Gasteiger partial charge in [-0.15, -0.1) is 4.99 Å². The van der Waals surface area contributed by atoms with Crippen LogP contribution in [0.4, 0.5) is 5.82 Å². The molecule has 0 amide bonds. The van der Waals surface area contributed by atoms with E-state index in [0.717, 1.165) is 5.69 Å². The van der Waals surface area contributed by atoms with E-state index < -0.39 is 0 Å². The summed E-state index contributed by atoms with van der Waals surface area (Å²) < 4.78 is 0. The average Bonchev–Trinajstić information content (AvgIpc) is 2.04. The van der Waals surface area contributed by atoms with Gasteiger partial charge < -0.3 is 0 Å². The van der Waals surface area contributed by atoms with Gasteiger partial charge in [0.05, 0.1) is 0 Å². The molecular formula is C7H7N3OS. The Bertz CT molecular complexity index is 333. The molecule has 0 N–H and O–H groups in total. The summed E-state index contributed by atoms with van der Waals surface area (Å²) in [7, 11) is 0. The third-order valence-electron chi connectivity index (χ3n) is 1.16. The Morgan fingerprint density at radius 1 is 1.58 bits per heavy atom. The fourth-order valence-corrected chi connectivity index (χ4v) is 1.14. The van der Waals surface area contributed by atoms with E-state index in [2.05, 4.69) is 15.0 Å². The number of aryl methyl sites for hydroxylation is 1. The Morgan fingerprint density at radius 2 is 2.33 bits per heavy atom. The van der Waals surface area contributed by atoms with Crippen LogP contribution < -0.4 is 0 Å². The van der Waals surface area contributed by atoms with Gasteiger partial charge in [0.1, 0.15) is 0 Å². The Morgan fingerprint density at radius 3 is 2.92 bits per heavy atom. The molecule has 0 aromatic carbocycles. The summed E-state index contributed by atoms with van der Waals surface area (Å²) in [5, 5.41) is 0.615. The number of isocyanates is 1. The molecule has 1 aromatic rings. The van der Waals surface area contributed by atoms with Crippen molar-refractivity contribution < 1.29 is 4.79 Å². The van der Waals surface area contributed by atoms with Crippen molar-refractivity contribution in [3.63, 3.8) is 0 Å². The molecule has 0 aliphatic rings. The number of carbonyl (C=O) groups excluding carboxylic acids is 1. The van der Waals surface area contributed by atoms with Crippen LogP contribution in [0, 0.1) is 6.92 Å². The summed E-state index contributed by atoms with van der Waals surface area (Å²) in [5.41, 5.74) is 0.795. The summed E-state index contributed by atoms with van der Waals surface area (Å²) in [6.07, 6.45) is 3.30. The van der Waals surface area contributed by atoms with E-state index >= 15 is 0 Å². The molecule has 0 aliphatic heterocycles. The van der Waals surface area contributed by atoms with Crippen molar-refractivity contribution >= 4 is 23.7 Å². The molecule has 0 atom stereocenters. The number of hydrogen-bond acceptors (Lipinski definition) is 5. The molecule has 62 valence electrons. The maximum atomic E-state index is 9.93. The molecule has 1 aromatic heterocycles. The van der Waals surface area contributed by atoms with Gasteiger partial charge in [-0.05, 0) is 13.2 Å². The zero-order chi connectivity index (χ0) is 8.97. The largest absolute Gasteiger partial charge is 0.242 e. The van der Waals surface area contributed by atoms with Gasteiger partial charge in [0, 0.05) is 11.8 Å². The number of rotatable bonds is 2. The maximum Gasteiger partial charge on any atom is 0.242 e. The van der Waals surface area contributed by atoms with Crippen LogP contribution in [0.2, 0.25) is 0 Å². The highest BCUT2D eigenvalue weighted by Gasteiger charge is 1.98. The van der Waals surface area contributed by atoms with Gasteiger partial charge in [0.15, 0.2) is 11.0 Å². The van der Waals surface area contributed by atoms with Gasteiger partial charge in [0.25, 0.3) is 0 Å². The van der Waals surface area contributed by atoms with Crippen LogP contribution in [0.15, 0.2) is 16.2 Å². The lowest BCUT2D eigenvalue weighted by molar-refractivity contribution is 0.565. The van der Waals surface area contributed by atoms with Crippen molar-refractivity contribution in [3.05, 3.63) is 11.8 Å². The van der Waals surface area contributed by atoms with Gasteiger partial charge in [-0.1, -0.05) is 11.8 Å². The van der Waals surface area contributed by atoms with Gasteiger partial charge in [-0.3, -0.25) is 0 Å². The number of aromatic nitrogens is 2. The van der Waals surface area contributed by atoms with Crippen molar-refractivity contribution in [1.29, 1.82) is 0 Å². The minimum Gasteiger partial charge on any atom is -0.228 e. The molecule has 0 saturated carbocycles. The van der Waals surface area contributed by atoms with Gasteiger partial charge in [-0.2, -0.15) is 0 Å². The summed E-state index contributed by atoms with van der Waals surface area (Å²) in [5.74, 6) is 0.363. The van der Waals surface area contributed by atoms with Crippen LogP contribution in [0.25, 0.3) is 0 Å². The fraction of sp³-hybridized carbons (Fsp3) is 0.286. The minimum absolute atomic E-state index is 0.363. The summed E-state index contributed by atoms with van der Waals surface area (Å²) in [6, 6.07) is 1.63. The maximum absolute atomic E-state index is 9.93. The van der Waals surface area contributed by atoms with E-state index in [4.69, 9.17) is 0 Å². The standard InChI is InChI=1S/C7H7N3OS/c1-5-3-6(8-4-11)10-7(9-5)12-2/h3H,1-2H3. The van der Waals surface area contributed by atoms with Crippen LogP contribution in [-0.2, 0) is 4.79 Å². The van der Waals surface area contributed by atoms with E-state index in [1.807, 2.05) is 13.2 Å². The first-order chi connectivity index (χ1) is 5.76. The Hall–Kier alpha value is -1.19. The molecule has 0 bridgehead atoms. The second-order valence-corrected chi connectivity index (χ2v) is 2.83. The third kappa shape index (κ3) is 2.15. The fourth-order valence-electron chi connectivity index (χ4n) is 0.721. The molecule has 1 heterocycles. The van der Waals surface area contributed by atoms with Crippen molar-refractivity contribution in [1.82, 2.24) is 9.97 Å². The first kappa shape index (κ1) is 8.90. The zero-order valence-corrected chi connectivity index (χ0v) is 7.55. The molecular weight excluding hydrogens is 174 g/mol. The normalized spacial score (nSPS) is 9.17. The quantitative estimate of drug-likeness (QED) is 0.300. The summed E-state index contributed by atoms with van der Waals surface area (Å²) in [4.78, 5) is 21.4. The van der Waals surface area contributed by atoms with Gasteiger partial charge in [0.2, 0.25) is 6.08 Å². The molecule has 1 rings (SSSR count). The van der Waals surface area contributed by atoms with E-state index in [1.165, 1.54) is 17.8 Å². The first-order valence-electron chi connectivity index (χ1n) is 3.24. The second-order valence-electron chi connectivity index (χ2n) is 2.06. The highest BCUT2D eigenvalue weighted by molar-refractivity contribution is 7.98. The summed E-state index contributed by atoms with van der Waals surface area (Å²) in [6.45, 7) is 1.82. The topological polar surface area (TPSA) is 55.2 Å². The van der Waals surface area contributed by atoms with Gasteiger partial charge in [-0.25, -0.2) is 14.8 Å². The lowest BCUT2D eigenvalue weighted by Gasteiger charge is -1.96. The molecule has 4 nitrogen and oxygen atoms in total. The van der Waals surface area contributed by atoms with Gasteiger partial charge >= 0.3 is 0 Å². The smallest absolute Gasteiger partial charge is 0.228 e.